The monoisotopic (exact) mass is 135 g/mol. The van der Waals surface area contributed by atoms with Gasteiger partial charge in [0, 0.05) is 0 Å². The average molecular weight is 135 g/mol. The zero-order valence-corrected chi connectivity index (χ0v) is 5.40. The van der Waals surface area contributed by atoms with Gasteiger partial charge in [0.2, 0.25) is 0 Å². The van der Waals surface area contributed by atoms with Crippen LogP contribution in [0.5, 0.6) is 0 Å². The Morgan fingerprint density at radius 1 is 1.67 bits per heavy atom. The first kappa shape index (κ1) is 8.56. The zero-order chi connectivity index (χ0) is 7.28. The van der Waals surface area contributed by atoms with Crippen molar-refractivity contribution >= 4 is 0 Å². The van der Waals surface area contributed by atoms with Gasteiger partial charge in [-0.15, -0.1) is 0 Å². The van der Waals surface area contributed by atoms with E-state index in [0.717, 1.165) is 0 Å². The summed E-state index contributed by atoms with van der Waals surface area (Å²) in [5.74, 6) is 0. The highest BCUT2D eigenvalue weighted by atomic mass is 19.3. The van der Waals surface area contributed by atoms with Crippen molar-refractivity contribution in [3.05, 3.63) is 11.6 Å². The number of alkyl halides is 2. The van der Waals surface area contributed by atoms with Gasteiger partial charge in [-0.3, -0.25) is 0 Å². The first-order valence-corrected chi connectivity index (χ1v) is 2.83. The fraction of sp³-hybridized carbons (Fsp3) is 0.667. The van der Waals surface area contributed by atoms with E-state index in [4.69, 9.17) is 5.73 Å². The highest BCUT2D eigenvalue weighted by Gasteiger charge is 2.02. The summed E-state index contributed by atoms with van der Waals surface area (Å²) in [5.41, 5.74) is 5.20. The summed E-state index contributed by atoms with van der Waals surface area (Å²) in [5, 5.41) is 0. The molecule has 0 unspecified atom stereocenters. The molecule has 0 aromatic rings. The highest BCUT2D eigenvalue weighted by molar-refractivity contribution is 5.00. The molecular formula is C6H11F2N. The van der Waals surface area contributed by atoms with Crippen LogP contribution >= 0.6 is 0 Å². The molecule has 2 N–H and O–H groups in total. The van der Waals surface area contributed by atoms with E-state index in [1.807, 2.05) is 0 Å². The number of hydrogen-bond acceptors (Lipinski definition) is 1. The summed E-state index contributed by atoms with van der Waals surface area (Å²) >= 11 is 0. The molecule has 0 aromatic heterocycles. The van der Waals surface area contributed by atoms with Crippen molar-refractivity contribution in [1.82, 2.24) is 0 Å². The molecule has 0 amide bonds. The molecule has 54 valence electrons. The van der Waals surface area contributed by atoms with Crippen LogP contribution in [0.2, 0.25) is 0 Å². The van der Waals surface area contributed by atoms with E-state index in [2.05, 4.69) is 0 Å². The molecule has 0 rings (SSSR count). The van der Waals surface area contributed by atoms with Gasteiger partial charge in [0.1, 0.15) is 0 Å². The molecular weight excluding hydrogens is 124 g/mol. The van der Waals surface area contributed by atoms with E-state index in [1.54, 1.807) is 0 Å². The molecule has 0 saturated carbocycles. The SMILES string of the molecule is CC(=CCCN)C(F)F. The first-order valence-electron chi connectivity index (χ1n) is 2.83. The fourth-order valence-corrected chi connectivity index (χ4v) is 0.400. The van der Waals surface area contributed by atoms with Gasteiger partial charge < -0.3 is 5.73 Å². The summed E-state index contributed by atoms with van der Waals surface area (Å²) in [6.07, 6.45) is -0.322. The highest BCUT2D eigenvalue weighted by Crippen LogP contribution is 2.06. The van der Waals surface area contributed by atoms with Crippen LogP contribution in [0.15, 0.2) is 11.6 Å². The third-order valence-corrected chi connectivity index (χ3v) is 0.977. The van der Waals surface area contributed by atoms with Crippen LogP contribution in [0, 0.1) is 0 Å². The minimum absolute atomic E-state index is 0.112. The topological polar surface area (TPSA) is 26.0 Å². The molecule has 0 atom stereocenters. The quantitative estimate of drug-likeness (QED) is 0.584. The van der Waals surface area contributed by atoms with Crippen molar-refractivity contribution < 1.29 is 8.78 Å². The lowest BCUT2D eigenvalue weighted by atomic mass is 10.2. The summed E-state index contributed by atoms with van der Waals surface area (Å²) in [6, 6.07) is 0. The second-order valence-corrected chi connectivity index (χ2v) is 1.83. The maximum Gasteiger partial charge on any atom is 0.259 e. The van der Waals surface area contributed by atoms with Crippen LogP contribution in [0.4, 0.5) is 8.78 Å². The minimum atomic E-state index is -2.32. The smallest absolute Gasteiger partial charge is 0.259 e. The molecule has 0 aliphatic carbocycles. The maximum absolute atomic E-state index is 11.6. The molecule has 3 heteroatoms. The van der Waals surface area contributed by atoms with Crippen molar-refractivity contribution in [1.29, 1.82) is 0 Å². The molecule has 0 heterocycles. The van der Waals surface area contributed by atoms with Gasteiger partial charge in [-0.05, 0) is 25.5 Å². The second kappa shape index (κ2) is 4.44. The zero-order valence-electron chi connectivity index (χ0n) is 5.40. The van der Waals surface area contributed by atoms with E-state index in [1.165, 1.54) is 13.0 Å². The van der Waals surface area contributed by atoms with Crippen LogP contribution in [-0.2, 0) is 0 Å². The fourth-order valence-electron chi connectivity index (χ4n) is 0.400. The molecule has 0 radical (unpaired) electrons. The van der Waals surface area contributed by atoms with Gasteiger partial charge in [-0.2, -0.15) is 0 Å². The van der Waals surface area contributed by atoms with E-state index in [-0.39, 0.29) is 5.57 Å². The van der Waals surface area contributed by atoms with Crippen LogP contribution in [0.1, 0.15) is 13.3 Å². The Bertz CT molecular complexity index is 99.2. The summed E-state index contributed by atoms with van der Waals surface area (Å²) in [6.45, 7) is 1.84. The Morgan fingerprint density at radius 2 is 2.22 bits per heavy atom. The number of allylic oxidation sites excluding steroid dienone is 1. The summed E-state index contributed by atoms with van der Waals surface area (Å²) in [7, 11) is 0. The van der Waals surface area contributed by atoms with Crippen molar-refractivity contribution in [3.63, 3.8) is 0 Å². The normalized spacial score (nSPS) is 12.8. The van der Waals surface area contributed by atoms with E-state index >= 15 is 0 Å². The van der Waals surface area contributed by atoms with Gasteiger partial charge in [0.25, 0.3) is 6.43 Å². The number of halogens is 2. The minimum Gasteiger partial charge on any atom is -0.330 e. The number of rotatable bonds is 3. The summed E-state index contributed by atoms with van der Waals surface area (Å²) < 4.78 is 23.3. The van der Waals surface area contributed by atoms with Crippen molar-refractivity contribution in [2.45, 2.75) is 19.8 Å². The lowest BCUT2D eigenvalue weighted by Gasteiger charge is -1.95. The van der Waals surface area contributed by atoms with E-state index in [9.17, 15) is 8.78 Å². The van der Waals surface area contributed by atoms with Gasteiger partial charge in [0.15, 0.2) is 0 Å². The Morgan fingerprint density at radius 3 is 2.56 bits per heavy atom. The van der Waals surface area contributed by atoms with Gasteiger partial charge in [0.05, 0.1) is 0 Å². The Hall–Kier alpha value is -0.440. The Kier molecular flexibility index (Phi) is 4.22. The molecule has 1 nitrogen and oxygen atoms in total. The number of nitrogens with two attached hydrogens (primary N) is 1. The van der Waals surface area contributed by atoms with Crippen molar-refractivity contribution in [2.75, 3.05) is 6.54 Å². The predicted molar refractivity (Wildman–Crippen MR) is 33.4 cm³/mol. The molecule has 9 heavy (non-hydrogen) atoms. The maximum atomic E-state index is 11.6. The van der Waals surface area contributed by atoms with Gasteiger partial charge >= 0.3 is 0 Å². The van der Waals surface area contributed by atoms with Crippen LogP contribution in [-0.4, -0.2) is 13.0 Å². The van der Waals surface area contributed by atoms with Crippen LogP contribution in [0.3, 0.4) is 0 Å². The third kappa shape index (κ3) is 4.09. The summed E-state index contributed by atoms with van der Waals surface area (Å²) in [4.78, 5) is 0. The molecule has 0 aliphatic rings. The second-order valence-electron chi connectivity index (χ2n) is 1.83. The van der Waals surface area contributed by atoms with E-state index < -0.39 is 6.43 Å². The predicted octanol–water partition coefficient (Wildman–Crippen LogP) is 1.55. The Balaban J connectivity index is 3.55. The van der Waals surface area contributed by atoms with Crippen molar-refractivity contribution in [2.24, 2.45) is 5.73 Å². The van der Waals surface area contributed by atoms with Crippen LogP contribution < -0.4 is 5.73 Å². The number of hydrogen-bond donors (Lipinski definition) is 1. The lowest BCUT2D eigenvalue weighted by molar-refractivity contribution is 0.189. The van der Waals surface area contributed by atoms with Gasteiger partial charge in [-0.1, -0.05) is 6.08 Å². The Labute approximate surface area is 53.5 Å². The molecule has 0 spiro atoms. The average Bonchev–Trinajstić information content (AvgIpc) is 1.82. The van der Waals surface area contributed by atoms with E-state index in [0.29, 0.717) is 13.0 Å². The van der Waals surface area contributed by atoms with Crippen LogP contribution in [0.25, 0.3) is 0 Å². The van der Waals surface area contributed by atoms with Crippen molar-refractivity contribution in [3.8, 4) is 0 Å². The largest absolute Gasteiger partial charge is 0.330 e. The molecule has 0 saturated heterocycles. The third-order valence-electron chi connectivity index (χ3n) is 0.977. The molecule has 0 fully saturated rings. The first-order chi connectivity index (χ1) is 4.18. The molecule has 0 bridgehead atoms. The lowest BCUT2D eigenvalue weighted by Crippen LogP contribution is -1.98. The standard InChI is InChI=1S/C6H11F2N/c1-5(6(7)8)3-2-4-9/h3,6H,2,4,9H2,1H3. The van der Waals surface area contributed by atoms with Gasteiger partial charge in [-0.25, -0.2) is 8.78 Å². The molecule has 0 aromatic carbocycles. The molecule has 0 aliphatic heterocycles.